The summed E-state index contributed by atoms with van der Waals surface area (Å²) < 4.78 is 1.96. The smallest absolute Gasteiger partial charge is 0.100 e. The predicted molar refractivity (Wildman–Crippen MR) is 97.4 cm³/mol. The topological polar surface area (TPSA) is 43.1 Å². The largest absolute Gasteiger partial charge is 0.292 e. The standard InChI is InChI=1S/C20H20N4/c1-13-19(20(23-24(13)3)14-8-10-22-11-9-14)16-4-6-17-15(12-16)5-7-18(17)21-2/h4,6,8-12H,5,7H2,1-3H3/b21-18+. The fourth-order valence-electron chi connectivity index (χ4n) is 3.52. The van der Waals surface area contributed by atoms with Crippen LogP contribution in [0.25, 0.3) is 22.4 Å². The van der Waals surface area contributed by atoms with Crippen LogP contribution in [0.15, 0.2) is 47.7 Å². The Bertz CT molecular complexity index is 936. The summed E-state index contributed by atoms with van der Waals surface area (Å²) in [6.07, 6.45) is 5.74. The summed E-state index contributed by atoms with van der Waals surface area (Å²) in [5.41, 5.74) is 9.61. The highest BCUT2D eigenvalue weighted by atomic mass is 15.3. The Hall–Kier alpha value is -2.75. The second-order valence-electron chi connectivity index (χ2n) is 6.21. The minimum atomic E-state index is 1.01. The van der Waals surface area contributed by atoms with Gasteiger partial charge in [-0.15, -0.1) is 0 Å². The normalized spacial score (nSPS) is 15.0. The van der Waals surface area contributed by atoms with Crippen molar-refractivity contribution in [2.75, 3.05) is 7.05 Å². The van der Waals surface area contributed by atoms with Gasteiger partial charge in [0.15, 0.2) is 0 Å². The van der Waals surface area contributed by atoms with Crippen LogP contribution in [0.3, 0.4) is 0 Å². The van der Waals surface area contributed by atoms with E-state index in [4.69, 9.17) is 5.10 Å². The third-order valence-corrected chi connectivity index (χ3v) is 4.89. The summed E-state index contributed by atoms with van der Waals surface area (Å²) in [5.74, 6) is 0. The highest BCUT2D eigenvalue weighted by Gasteiger charge is 2.21. The molecule has 1 aromatic carbocycles. The number of hydrogen-bond acceptors (Lipinski definition) is 3. The van der Waals surface area contributed by atoms with E-state index < -0.39 is 0 Å². The van der Waals surface area contributed by atoms with Crippen molar-refractivity contribution in [3.8, 4) is 22.4 Å². The van der Waals surface area contributed by atoms with Crippen molar-refractivity contribution in [1.29, 1.82) is 0 Å². The van der Waals surface area contributed by atoms with Crippen molar-refractivity contribution >= 4 is 5.71 Å². The van der Waals surface area contributed by atoms with E-state index in [1.165, 1.54) is 33.7 Å². The minimum absolute atomic E-state index is 1.01. The summed E-state index contributed by atoms with van der Waals surface area (Å²) >= 11 is 0. The summed E-state index contributed by atoms with van der Waals surface area (Å²) in [7, 11) is 3.88. The van der Waals surface area contributed by atoms with E-state index in [1.807, 2.05) is 43.3 Å². The molecule has 120 valence electrons. The van der Waals surface area contributed by atoms with Crippen LogP contribution >= 0.6 is 0 Å². The van der Waals surface area contributed by atoms with Crippen molar-refractivity contribution in [3.63, 3.8) is 0 Å². The SMILES string of the molecule is C/N=C1\CCc2cc(-c3c(-c4ccncc4)nn(C)c3C)ccc21. The molecule has 0 radical (unpaired) electrons. The summed E-state index contributed by atoms with van der Waals surface area (Å²) in [6.45, 7) is 2.12. The maximum absolute atomic E-state index is 4.75. The lowest BCUT2D eigenvalue weighted by Gasteiger charge is -2.08. The molecule has 4 nitrogen and oxygen atoms in total. The average Bonchev–Trinajstić information content (AvgIpc) is 3.16. The molecule has 0 N–H and O–H groups in total. The van der Waals surface area contributed by atoms with E-state index in [-0.39, 0.29) is 0 Å². The van der Waals surface area contributed by atoms with Crippen LogP contribution in [-0.4, -0.2) is 27.5 Å². The first-order valence-corrected chi connectivity index (χ1v) is 8.22. The zero-order valence-electron chi connectivity index (χ0n) is 14.2. The van der Waals surface area contributed by atoms with Crippen LogP contribution in [0.4, 0.5) is 0 Å². The fourth-order valence-corrected chi connectivity index (χ4v) is 3.52. The maximum atomic E-state index is 4.75. The molecule has 0 bridgehead atoms. The number of aromatic nitrogens is 3. The van der Waals surface area contributed by atoms with Gasteiger partial charge in [0.2, 0.25) is 0 Å². The van der Waals surface area contributed by atoms with Crippen LogP contribution < -0.4 is 0 Å². The molecule has 24 heavy (non-hydrogen) atoms. The van der Waals surface area contributed by atoms with Crippen LogP contribution in [0.5, 0.6) is 0 Å². The molecule has 0 unspecified atom stereocenters. The Morgan fingerprint density at radius 2 is 1.83 bits per heavy atom. The van der Waals surface area contributed by atoms with Gasteiger partial charge in [0.25, 0.3) is 0 Å². The summed E-state index contributed by atoms with van der Waals surface area (Å²) in [6, 6.07) is 10.7. The molecule has 3 aromatic rings. The lowest BCUT2D eigenvalue weighted by atomic mass is 9.96. The second-order valence-corrected chi connectivity index (χ2v) is 6.21. The zero-order valence-corrected chi connectivity index (χ0v) is 14.2. The Labute approximate surface area is 141 Å². The van der Waals surface area contributed by atoms with E-state index in [2.05, 4.69) is 35.1 Å². The lowest BCUT2D eigenvalue weighted by molar-refractivity contribution is 0.743. The van der Waals surface area contributed by atoms with Crippen LogP contribution in [-0.2, 0) is 13.5 Å². The van der Waals surface area contributed by atoms with Crippen molar-refractivity contribution < 1.29 is 0 Å². The first-order chi connectivity index (χ1) is 11.7. The summed E-state index contributed by atoms with van der Waals surface area (Å²) in [5, 5.41) is 4.75. The number of aryl methyl sites for hydroxylation is 2. The summed E-state index contributed by atoms with van der Waals surface area (Å²) in [4.78, 5) is 8.53. The number of fused-ring (bicyclic) bond motifs is 1. The highest BCUT2D eigenvalue weighted by molar-refractivity contribution is 6.05. The van der Waals surface area contributed by atoms with Crippen molar-refractivity contribution in [1.82, 2.24) is 14.8 Å². The molecule has 0 atom stereocenters. The monoisotopic (exact) mass is 316 g/mol. The Balaban J connectivity index is 1.89. The van der Waals surface area contributed by atoms with Gasteiger partial charge in [-0.2, -0.15) is 5.10 Å². The third kappa shape index (κ3) is 2.26. The molecule has 4 rings (SSSR count). The van der Waals surface area contributed by atoms with E-state index >= 15 is 0 Å². The first-order valence-electron chi connectivity index (χ1n) is 8.22. The van der Waals surface area contributed by atoms with Gasteiger partial charge in [-0.3, -0.25) is 14.7 Å². The number of aliphatic imine (C=N–C) groups is 1. The third-order valence-electron chi connectivity index (χ3n) is 4.89. The van der Waals surface area contributed by atoms with Gasteiger partial charge in [0.1, 0.15) is 5.69 Å². The van der Waals surface area contributed by atoms with Gasteiger partial charge < -0.3 is 0 Å². The van der Waals surface area contributed by atoms with Crippen molar-refractivity contribution in [2.24, 2.45) is 12.0 Å². The van der Waals surface area contributed by atoms with E-state index in [9.17, 15) is 0 Å². The molecule has 1 aliphatic rings. The predicted octanol–water partition coefficient (Wildman–Crippen LogP) is 3.82. The second kappa shape index (κ2) is 5.71. The Morgan fingerprint density at radius 3 is 2.58 bits per heavy atom. The lowest BCUT2D eigenvalue weighted by Crippen LogP contribution is -1.94. The van der Waals surface area contributed by atoms with Gasteiger partial charge in [-0.1, -0.05) is 18.2 Å². The van der Waals surface area contributed by atoms with Crippen LogP contribution in [0.1, 0.15) is 23.2 Å². The number of pyridine rings is 1. The highest BCUT2D eigenvalue weighted by Crippen LogP contribution is 2.36. The minimum Gasteiger partial charge on any atom is -0.292 e. The van der Waals surface area contributed by atoms with Gasteiger partial charge in [-0.05, 0) is 48.6 Å². The van der Waals surface area contributed by atoms with E-state index in [0.29, 0.717) is 0 Å². The quantitative estimate of drug-likeness (QED) is 0.721. The van der Waals surface area contributed by atoms with Crippen LogP contribution in [0, 0.1) is 6.92 Å². The molecule has 0 amide bonds. The van der Waals surface area contributed by atoms with Gasteiger partial charge >= 0.3 is 0 Å². The number of nitrogens with zero attached hydrogens (tertiary/aromatic N) is 4. The van der Waals surface area contributed by atoms with Crippen molar-refractivity contribution in [2.45, 2.75) is 19.8 Å². The van der Waals surface area contributed by atoms with Gasteiger partial charge in [0.05, 0.1) is 0 Å². The molecule has 0 spiro atoms. The van der Waals surface area contributed by atoms with Crippen molar-refractivity contribution in [3.05, 3.63) is 59.5 Å². The first kappa shape index (κ1) is 14.8. The van der Waals surface area contributed by atoms with Crippen LogP contribution in [0.2, 0.25) is 0 Å². The molecule has 1 aliphatic carbocycles. The molecule has 4 heteroatoms. The molecular formula is C20H20N4. The molecule has 0 fully saturated rings. The van der Waals surface area contributed by atoms with E-state index in [0.717, 1.165) is 24.1 Å². The zero-order chi connectivity index (χ0) is 16.7. The Kier molecular flexibility index (Phi) is 3.53. The number of rotatable bonds is 2. The molecule has 0 aliphatic heterocycles. The van der Waals surface area contributed by atoms with E-state index in [1.54, 1.807) is 0 Å². The molecule has 2 heterocycles. The fraction of sp³-hybridized carbons (Fsp3) is 0.250. The number of benzene rings is 1. The maximum Gasteiger partial charge on any atom is 0.100 e. The number of hydrogen-bond donors (Lipinski definition) is 0. The molecule has 0 saturated carbocycles. The molecular weight excluding hydrogens is 296 g/mol. The molecule has 2 aromatic heterocycles. The molecule has 0 saturated heterocycles. The van der Waals surface area contributed by atoms with Gasteiger partial charge in [-0.25, -0.2) is 0 Å². The van der Waals surface area contributed by atoms with Gasteiger partial charge in [0, 0.05) is 49.0 Å². The average molecular weight is 316 g/mol. The Morgan fingerprint density at radius 1 is 1.04 bits per heavy atom.